The molecule has 120 valence electrons. The Labute approximate surface area is 125 Å². The highest BCUT2D eigenvalue weighted by Gasteiger charge is 2.35. The molecule has 9 nitrogen and oxygen atoms in total. The molecule has 1 aliphatic heterocycles. The highest BCUT2D eigenvalue weighted by molar-refractivity contribution is 5.93. The molecular weight excluding hydrogens is 298 g/mol. The van der Waals surface area contributed by atoms with Crippen LogP contribution < -0.4 is 9.47 Å². The molecule has 0 spiro atoms. The average molecular weight is 313 g/mol. The van der Waals surface area contributed by atoms with Crippen molar-refractivity contribution < 1.29 is 33.8 Å². The first-order valence-electron chi connectivity index (χ1n) is 6.34. The molecule has 1 aliphatic rings. The molecule has 1 aromatic carbocycles. The third kappa shape index (κ3) is 3.10. The topological polar surface area (TPSA) is 117 Å². The zero-order valence-corrected chi connectivity index (χ0v) is 12.0. The van der Waals surface area contributed by atoms with Crippen LogP contribution >= 0.6 is 0 Å². The van der Waals surface area contributed by atoms with E-state index in [4.69, 9.17) is 24.1 Å². The number of nitro groups is 1. The van der Waals surface area contributed by atoms with Crippen LogP contribution in [0.3, 0.4) is 0 Å². The van der Waals surface area contributed by atoms with Crippen molar-refractivity contribution in [2.24, 2.45) is 0 Å². The van der Waals surface area contributed by atoms with E-state index in [1.807, 2.05) is 0 Å². The molecule has 0 fully saturated rings. The fourth-order valence-electron chi connectivity index (χ4n) is 2.14. The van der Waals surface area contributed by atoms with Crippen LogP contribution in [0.25, 0.3) is 0 Å². The van der Waals surface area contributed by atoms with Gasteiger partial charge in [0.25, 0.3) is 5.69 Å². The lowest BCUT2D eigenvalue weighted by atomic mass is 10.1. The summed E-state index contributed by atoms with van der Waals surface area (Å²) in [6.45, 7) is 0.398. The van der Waals surface area contributed by atoms with Gasteiger partial charge in [0.15, 0.2) is 23.7 Å². The molecule has 9 heteroatoms. The summed E-state index contributed by atoms with van der Waals surface area (Å²) in [4.78, 5) is 21.3. The Hall–Kier alpha value is -2.39. The smallest absolute Gasteiger partial charge is 0.342 e. The van der Waals surface area contributed by atoms with E-state index in [2.05, 4.69) is 0 Å². The molecule has 0 bridgehead atoms. The van der Waals surface area contributed by atoms with Crippen molar-refractivity contribution in [3.8, 4) is 11.5 Å². The molecule has 0 saturated carbocycles. The van der Waals surface area contributed by atoms with E-state index in [-0.39, 0.29) is 24.7 Å². The molecule has 0 radical (unpaired) electrons. The Balaban J connectivity index is 2.43. The van der Waals surface area contributed by atoms with Gasteiger partial charge in [0.05, 0.1) is 24.2 Å². The van der Waals surface area contributed by atoms with Crippen molar-refractivity contribution in [3.63, 3.8) is 0 Å². The van der Waals surface area contributed by atoms with Gasteiger partial charge in [-0.1, -0.05) is 0 Å². The van der Waals surface area contributed by atoms with Crippen molar-refractivity contribution in [1.29, 1.82) is 0 Å². The Morgan fingerprint density at radius 1 is 1.23 bits per heavy atom. The summed E-state index contributed by atoms with van der Waals surface area (Å²) in [5.41, 5.74) is -1.02. The summed E-state index contributed by atoms with van der Waals surface area (Å²) < 4.78 is 21.3. The van der Waals surface area contributed by atoms with E-state index in [0.29, 0.717) is 0 Å². The van der Waals surface area contributed by atoms with Crippen molar-refractivity contribution in [2.75, 3.05) is 27.4 Å². The average Bonchev–Trinajstić information content (AvgIpc) is 2.47. The van der Waals surface area contributed by atoms with Gasteiger partial charge in [-0.15, -0.1) is 0 Å². The first kappa shape index (κ1) is 16.0. The predicted molar refractivity (Wildman–Crippen MR) is 72.6 cm³/mol. The SMILES string of the molecule is COCC1Oc2cc(C(=O)O)c([N+](=O)[O-])cc2OC1COC. The number of ether oxygens (including phenoxy) is 4. The number of rotatable bonds is 6. The molecule has 1 heterocycles. The molecule has 2 rings (SSSR count). The van der Waals surface area contributed by atoms with Crippen molar-refractivity contribution in [3.05, 3.63) is 27.8 Å². The number of hydrogen-bond acceptors (Lipinski definition) is 7. The van der Waals surface area contributed by atoms with Crippen LogP contribution in [0.1, 0.15) is 10.4 Å². The maximum Gasteiger partial charge on any atom is 0.342 e. The van der Waals surface area contributed by atoms with E-state index >= 15 is 0 Å². The minimum absolute atomic E-state index is 0.103. The summed E-state index contributed by atoms with van der Waals surface area (Å²) in [5, 5.41) is 20.1. The van der Waals surface area contributed by atoms with Crippen molar-refractivity contribution in [2.45, 2.75) is 12.2 Å². The number of benzene rings is 1. The van der Waals surface area contributed by atoms with Gasteiger partial charge in [-0.05, 0) is 0 Å². The molecule has 2 atom stereocenters. The Morgan fingerprint density at radius 2 is 1.73 bits per heavy atom. The van der Waals surface area contributed by atoms with E-state index in [1.165, 1.54) is 14.2 Å². The minimum Gasteiger partial charge on any atom is -0.480 e. The maximum absolute atomic E-state index is 11.1. The summed E-state index contributed by atoms with van der Waals surface area (Å²) in [5.74, 6) is -1.19. The van der Waals surface area contributed by atoms with Crippen LogP contribution in [0, 0.1) is 10.1 Å². The quantitative estimate of drug-likeness (QED) is 0.612. The van der Waals surface area contributed by atoms with Crippen LogP contribution in [0.2, 0.25) is 0 Å². The Morgan fingerprint density at radius 3 is 2.14 bits per heavy atom. The van der Waals surface area contributed by atoms with Gasteiger partial charge in [0.2, 0.25) is 0 Å². The Kier molecular flexibility index (Phi) is 4.78. The third-order valence-corrected chi connectivity index (χ3v) is 3.12. The highest BCUT2D eigenvalue weighted by atomic mass is 16.6. The molecule has 1 N–H and O–H groups in total. The molecule has 0 saturated heterocycles. The third-order valence-electron chi connectivity index (χ3n) is 3.12. The molecule has 0 aromatic heterocycles. The van der Waals surface area contributed by atoms with E-state index in [1.54, 1.807) is 0 Å². The van der Waals surface area contributed by atoms with Crippen LogP contribution in [0.4, 0.5) is 5.69 Å². The molecule has 0 amide bonds. The number of methoxy groups -OCH3 is 2. The van der Waals surface area contributed by atoms with Gasteiger partial charge in [-0.2, -0.15) is 0 Å². The predicted octanol–water partition coefficient (Wildman–Crippen LogP) is 1.09. The van der Waals surface area contributed by atoms with E-state index < -0.39 is 34.4 Å². The number of aromatic carboxylic acids is 1. The monoisotopic (exact) mass is 313 g/mol. The maximum atomic E-state index is 11.1. The lowest BCUT2D eigenvalue weighted by Crippen LogP contribution is -2.45. The number of carboxylic acids is 1. The molecule has 22 heavy (non-hydrogen) atoms. The zero-order chi connectivity index (χ0) is 16.3. The molecule has 2 unspecified atom stereocenters. The van der Waals surface area contributed by atoms with E-state index in [9.17, 15) is 14.9 Å². The second-order valence-electron chi connectivity index (χ2n) is 4.60. The second kappa shape index (κ2) is 6.58. The molecular formula is C13H15NO8. The van der Waals surface area contributed by atoms with E-state index in [0.717, 1.165) is 12.1 Å². The number of nitrogens with zero attached hydrogens (tertiary/aromatic N) is 1. The normalized spacial score (nSPS) is 19.7. The van der Waals surface area contributed by atoms with Crippen LogP contribution in [0.15, 0.2) is 12.1 Å². The number of nitro benzene ring substituents is 1. The van der Waals surface area contributed by atoms with Crippen molar-refractivity contribution in [1.82, 2.24) is 0 Å². The standard InChI is InChI=1S/C13H15NO8/c1-19-5-11-12(6-20-2)22-10-4-8(14(17)18)7(13(15)16)3-9(10)21-11/h3-4,11-12H,5-6H2,1-2H3,(H,15,16). The van der Waals surface area contributed by atoms with Gasteiger partial charge in [-0.3, -0.25) is 10.1 Å². The lowest BCUT2D eigenvalue weighted by molar-refractivity contribution is -0.385. The summed E-state index contributed by atoms with van der Waals surface area (Å²) >= 11 is 0. The van der Waals surface area contributed by atoms with Gasteiger partial charge in [-0.25, -0.2) is 4.79 Å². The summed E-state index contributed by atoms with van der Waals surface area (Å²) in [6.07, 6.45) is -1.03. The number of fused-ring (bicyclic) bond motifs is 1. The fraction of sp³-hybridized carbons (Fsp3) is 0.462. The summed E-state index contributed by atoms with van der Waals surface area (Å²) in [7, 11) is 2.97. The highest BCUT2D eigenvalue weighted by Crippen LogP contribution is 2.39. The second-order valence-corrected chi connectivity index (χ2v) is 4.60. The number of hydrogen-bond donors (Lipinski definition) is 1. The van der Waals surface area contributed by atoms with Crippen LogP contribution in [-0.4, -0.2) is 55.6 Å². The van der Waals surface area contributed by atoms with Gasteiger partial charge in [0, 0.05) is 20.3 Å². The van der Waals surface area contributed by atoms with Gasteiger partial charge < -0.3 is 24.1 Å². The molecule has 1 aromatic rings. The largest absolute Gasteiger partial charge is 0.480 e. The minimum atomic E-state index is -1.42. The Bertz CT molecular complexity index is 537. The number of carboxylic acid groups (broad SMARTS) is 1. The van der Waals surface area contributed by atoms with Crippen molar-refractivity contribution >= 4 is 11.7 Å². The van der Waals surface area contributed by atoms with Crippen LogP contribution in [0.5, 0.6) is 11.5 Å². The first-order chi connectivity index (χ1) is 10.5. The molecule has 0 aliphatic carbocycles. The fourth-order valence-corrected chi connectivity index (χ4v) is 2.14. The van der Waals surface area contributed by atoms with Gasteiger partial charge in [0.1, 0.15) is 5.56 Å². The van der Waals surface area contributed by atoms with Crippen LogP contribution in [-0.2, 0) is 9.47 Å². The summed E-state index contributed by atoms with van der Waals surface area (Å²) in [6, 6.07) is 2.13. The van der Waals surface area contributed by atoms with Gasteiger partial charge >= 0.3 is 5.97 Å². The number of carbonyl (C=O) groups is 1. The lowest BCUT2D eigenvalue weighted by Gasteiger charge is -2.33. The first-order valence-corrected chi connectivity index (χ1v) is 6.34. The zero-order valence-electron chi connectivity index (χ0n) is 12.0.